The van der Waals surface area contributed by atoms with Crippen molar-refractivity contribution in [3.63, 3.8) is 0 Å². The van der Waals surface area contributed by atoms with E-state index < -0.39 is 6.55 Å². The van der Waals surface area contributed by atoms with Gasteiger partial charge in [-0.25, -0.2) is 4.68 Å². The summed E-state index contributed by atoms with van der Waals surface area (Å²) in [6, 6.07) is 7.57. The molecule has 0 N–H and O–H groups in total. The molecule has 1 radical (unpaired) electrons. The first-order valence-electron chi connectivity index (χ1n) is 3.40. The third kappa shape index (κ3) is 0.958. The Bertz CT molecular complexity index is 395. The van der Waals surface area contributed by atoms with E-state index in [-0.39, 0.29) is 0 Å². The molecule has 0 atom stereocenters. The second kappa shape index (κ2) is 2.55. The van der Waals surface area contributed by atoms with Crippen molar-refractivity contribution in [3.8, 4) is 0 Å². The van der Waals surface area contributed by atoms with Crippen LogP contribution in [0, 0.1) is 6.07 Å². The Hall–Kier alpha value is -1.45. The average molecular weight is 167 g/mol. The number of fused-ring (bicyclic) bond motifs is 1. The number of nitrogens with zero attached hydrogens (tertiary/aromatic N) is 2. The van der Waals surface area contributed by atoms with E-state index in [1.807, 2.05) is 0 Å². The number of hydrogen-bond acceptors (Lipinski definition) is 1. The molecule has 0 aliphatic heterocycles. The normalized spacial score (nSPS) is 11.2. The van der Waals surface area contributed by atoms with Crippen LogP contribution in [-0.4, -0.2) is 9.78 Å². The summed E-state index contributed by atoms with van der Waals surface area (Å²) >= 11 is 0. The molecule has 4 heteroatoms. The summed E-state index contributed by atoms with van der Waals surface area (Å²) in [7, 11) is 0. The van der Waals surface area contributed by atoms with Gasteiger partial charge in [-0.15, -0.1) is 0 Å². The number of halogens is 2. The van der Waals surface area contributed by atoms with Crippen molar-refractivity contribution in [2.24, 2.45) is 0 Å². The molecular weight excluding hydrogens is 162 g/mol. The molecule has 0 amide bonds. The van der Waals surface area contributed by atoms with Gasteiger partial charge in [-0.2, -0.15) is 13.9 Å². The van der Waals surface area contributed by atoms with Crippen LogP contribution in [0.15, 0.2) is 24.4 Å². The Kier molecular flexibility index (Phi) is 1.53. The number of alkyl halides is 2. The van der Waals surface area contributed by atoms with Crippen LogP contribution >= 0.6 is 0 Å². The Morgan fingerprint density at radius 2 is 2.33 bits per heavy atom. The number of aromatic nitrogens is 2. The highest BCUT2D eigenvalue weighted by molar-refractivity contribution is 5.78. The molecule has 0 aliphatic carbocycles. The van der Waals surface area contributed by atoms with E-state index in [4.69, 9.17) is 0 Å². The van der Waals surface area contributed by atoms with Crippen molar-refractivity contribution in [1.82, 2.24) is 9.78 Å². The van der Waals surface area contributed by atoms with E-state index in [9.17, 15) is 8.78 Å². The predicted molar refractivity (Wildman–Crippen MR) is 39.8 cm³/mol. The lowest BCUT2D eigenvalue weighted by Gasteiger charge is -1.98. The molecule has 1 aromatic heterocycles. The molecule has 2 rings (SSSR count). The number of rotatable bonds is 1. The first kappa shape index (κ1) is 7.21. The van der Waals surface area contributed by atoms with E-state index in [0.717, 1.165) is 0 Å². The third-order valence-electron chi connectivity index (χ3n) is 1.62. The first-order chi connectivity index (χ1) is 5.79. The van der Waals surface area contributed by atoms with Crippen molar-refractivity contribution >= 4 is 10.9 Å². The molecule has 0 bridgehead atoms. The van der Waals surface area contributed by atoms with Crippen LogP contribution in [0.2, 0.25) is 0 Å². The predicted octanol–water partition coefficient (Wildman–Crippen LogP) is 2.23. The molecule has 0 aliphatic rings. The first-order valence-corrected chi connectivity index (χ1v) is 3.40. The lowest BCUT2D eigenvalue weighted by Crippen LogP contribution is -1.98. The monoisotopic (exact) mass is 167 g/mol. The minimum absolute atomic E-state index is 0.434. The van der Waals surface area contributed by atoms with Gasteiger partial charge in [-0.3, -0.25) is 0 Å². The molecule has 2 nitrogen and oxygen atoms in total. The maximum atomic E-state index is 12.2. The zero-order chi connectivity index (χ0) is 8.55. The van der Waals surface area contributed by atoms with Gasteiger partial charge in [-0.05, 0) is 18.2 Å². The van der Waals surface area contributed by atoms with Gasteiger partial charge in [0.2, 0.25) is 0 Å². The minimum atomic E-state index is -2.58. The van der Waals surface area contributed by atoms with Crippen LogP contribution in [0.1, 0.15) is 6.55 Å². The molecule has 1 heterocycles. The van der Waals surface area contributed by atoms with Gasteiger partial charge < -0.3 is 0 Å². The molecule has 0 saturated heterocycles. The van der Waals surface area contributed by atoms with E-state index in [1.54, 1.807) is 18.2 Å². The molecule has 12 heavy (non-hydrogen) atoms. The zero-order valence-corrected chi connectivity index (χ0v) is 6.04. The Labute approximate surface area is 67.4 Å². The fraction of sp³-hybridized carbons (Fsp3) is 0.125. The SMILES string of the molecule is FC(F)n1ncc2c[c]ccc21. The van der Waals surface area contributed by atoms with Crippen molar-refractivity contribution in [2.45, 2.75) is 6.55 Å². The zero-order valence-electron chi connectivity index (χ0n) is 6.04. The second-order valence-corrected chi connectivity index (χ2v) is 2.35. The summed E-state index contributed by atoms with van der Waals surface area (Å²) in [5.41, 5.74) is 0.434. The number of benzene rings is 1. The van der Waals surface area contributed by atoms with Gasteiger partial charge in [-0.1, -0.05) is 6.07 Å². The Morgan fingerprint density at radius 3 is 3.08 bits per heavy atom. The van der Waals surface area contributed by atoms with Crippen LogP contribution in [0.3, 0.4) is 0 Å². The smallest absolute Gasteiger partial charge is 0.204 e. The standard InChI is InChI=1S/C8H5F2N2/c9-8(10)12-7-4-2-1-3-6(7)5-11-12/h2-5,8H. The summed E-state index contributed by atoms with van der Waals surface area (Å²) < 4.78 is 25.1. The fourth-order valence-corrected chi connectivity index (χ4v) is 1.09. The lowest BCUT2D eigenvalue weighted by atomic mass is 10.3. The summed E-state index contributed by atoms with van der Waals surface area (Å²) in [4.78, 5) is 0. The maximum absolute atomic E-state index is 12.2. The molecule has 0 fully saturated rings. The summed E-state index contributed by atoms with van der Waals surface area (Å²) in [5.74, 6) is 0. The van der Waals surface area contributed by atoms with Crippen molar-refractivity contribution in [3.05, 3.63) is 30.5 Å². The van der Waals surface area contributed by atoms with Gasteiger partial charge in [0.15, 0.2) is 0 Å². The van der Waals surface area contributed by atoms with Crippen LogP contribution in [0.25, 0.3) is 10.9 Å². The van der Waals surface area contributed by atoms with Crippen LogP contribution in [0.4, 0.5) is 8.78 Å². The number of hydrogen-bond donors (Lipinski definition) is 0. The third-order valence-corrected chi connectivity index (χ3v) is 1.62. The molecule has 2 aromatic rings. The molecule has 1 aromatic carbocycles. The van der Waals surface area contributed by atoms with Crippen molar-refractivity contribution in [2.75, 3.05) is 0 Å². The summed E-state index contributed by atoms with van der Waals surface area (Å²) in [5, 5.41) is 4.22. The summed E-state index contributed by atoms with van der Waals surface area (Å²) in [6.45, 7) is -2.58. The lowest BCUT2D eigenvalue weighted by molar-refractivity contribution is 0.0615. The average Bonchev–Trinajstić information content (AvgIpc) is 2.47. The summed E-state index contributed by atoms with van der Waals surface area (Å²) in [6.07, 6.45) is 1.40. The van der Waals surface area contributed by atoms with E-state index in [2.05, 4.69) is 11.2 Å². The fourth-order valence-electron chi connectivity index (χ4n) is 1.09. The van der Waals surface area contributed by atoms with Gasteiger partial charge in [0.05, 0.1) is 11.7 Å². The molecule has 61 valence electrons. The topological polar surface area (TPSA) is 17.8 Å². The Morgan fingerprint density at radius 1 is 1.50 bits per heavy atom. The van der Waals surface area contributed by atoms with Gasteiger partial charge in [0.25, 0.3) is 0 Å². The van der Waals surface area contributed by atoms with Crippen LogP contribution in [-0.2, 0) is 0 Å². The molecular formula is C8H5F2N2. The molecule has 0 saturated carbocycles. The highest BCUT2D eigenvalue weighted by Crippen LogP contribution is 2.18. The van der Waals surface area contributed by atoms with Crippen molar-refractivity contribution in [1.29, 1.82) is 0 Å². The highest BCUT2D eigenvalue weighted by Gasteiger charge is 2.09. The van der Waals surface area contributed by atoms with Crippen molar-refractivity contribution < 1.29 is 8.78 Å². The second-order valence-electron chi connectivity index (χ2n) is 2.35. The van der Waals surface area contributed by atoms with Gasteiger partial charge >= 0.3 is 6.55 Å². The van der Waals surface area contributed by atoms with E-state index >= 15 is 0 Å². The van der Waals surface area contributed by atoms with Gasteiger partial charge in [0.1, 0.15) is 0 Å². The maximum Gasteiger partial charge on any atom is 0.333 e. The molecule has 0 spiro atoms. The quantitative estimate of drug-likeness (QED) is 0.636. The highest BCUT2D eigenvalue weighted by atomic mass is 19.3. The molecule has 0 unspecified atom stereocenters. The van der Waals surface area contributed by atoms with Crippen LogP contribution in [0.5, 0.6) is 0 Å². The Balaban J connectivity index is 2.70. The largest absolute Gasteiger partial charge is 0.333 e. The minimum Gasteiger partial charge on any atom is -0.204 e. The van der Waals surface area contributed by atoms with E-state index in [1.165, 1.54) is 6.20 Å². The van der Waals surface area contributed by atoms with Gasteiger partial charge in [0, 0.05) is 5.39 Å². The van der Waals surface area contributed by atoms with E-state index in [0.29, 0.717) is 15.6 Å². The van der Waals surface area contributed by atoms with Crippen LogP contribution < -0.4 is 0 Å².